The molecule has 0 saturated carbocycles. The Morgan fingerprint density at radius 1 is 0.644 bits per heavy atom. The van der Waals surface area contributed by atoms with E-state index in [1.807, 2.05) is 86.9 Å². The van der Waals surface area contributed by atoms with Crippen LogP contribution in [0.3, 0.4) is 0 Å². The molecule has 0 bridgehead atoms. The van der Waals surface area contributed by atoms with Crippen molar-refractivity contribution in [2.24, 2.45) is 0 Å². The van der Waals surface area contributed by atoms with Crippen LogP contribution in [0.5, 0.6) is 0 Å². The smallest absolute Gasteiger partial charge is 0.121 e. The first-order valence-corrected chi connectivity index (χ1v) is 23.1. The van der Waals surface area contributed by atoms with Crippen molar-refractivity contribution >= 4 is 35.2 Å². The van der Waals surface area contributed by atoms with Crippen molar-refractivity contribution in [2.75, 3.05) is 0 Å². The monoisotopic (exact) mass is 965 g/mol. The van der Waals surface area contributed by atoms with E-state index in [-0.39, 0.29) is 25.7 Å². The molecule has 3 aromatic heterocycles. The molecule has 0 amide bonds. The minimum Gasteiger partial charge on any atom is -0.501 e. The molecule has 295 valence electrons. The maximum absolute atomic E-state index is 8.66. The Hall–Kier alpha value is -5.71. The van der Waals surface area contributed by atoms with E-state index in [1.54, 1.807) is 6.07 Å². The number of hydrogen-bond donors (Lipinski definition) is 0. The summed E-state index contributed by atoms with van der Waals surface area (Å²) in [5.41, 5.74) is 13.5. The Kier molecular flexibility index (Phi) is 10.9. The van der Waals surface area contributed by atoms with Crippen LogP contribution in [0.25, 0.3) is 77.8 Å². The summed E-state index contributed by atoms with van der Waals surface area (Å²) in [5.74, 6) is -0.756. The Balaban J connectivity index is 0.000000187. The van der Waals surface area contributed by atoms with Gasteiger partial charge in [-0.3, -0.25) is 0 Å². The molecular formula is C54H48IrN2OSi-2. The van der Waals surface area contributed by atoms with Crippen molar-refractivity contribution in [3.63, 3.8) is 0 Å². The van der Waals surface area contributed by atoms with Gasteiger partial charge in [-0.15, -0.1) is 47.5 Å². The fourth-order valence-corrected chi connectivity index (χ4v) is 9.05. The van der Waals surface area contributed by atoms with E-state index < -0.39 is 20.8 Å². The van der Waals surface area contributed by atoms with Crippen LogP contribution in [0.1, 0.15) is 41.9 Å². The normalized spacial score (nSPS) is 12.7. The molecule has 0 fully saturated rings. The third-order valence-corrected chi connectivity index (χ3v) is 12.6. The van der Waals surface area contributed by atoms with Crippen molar-refractivity contribution in [3.05, 3.63) is 187 Å². The van der Waals surface area contributed by atoms with Crippen molar-refractivity contribution in [3.8, 4) is 55.9 Å². The van der Waals surface area contributed by atoms with Crippen LogP contribution < -0.4 is 5.19 Å². The van der Waals surface area contributed by atoms with Crippen molar-refractivity contribution in [1.82, 2.24) is 9.97 Å². The van der Waals surface area contributed by atoms with Crippen LogP contribution in [-0.2, 0) is 20.1 Å². The molecule has 9 aromatic rings. The number of pyridine rings is 2. The molecule has 59 heavy (non-hydrogen) atoms. The van der Waals surface area contributed by atoms with E-state index in [0.717, 1.165) is 61.0 Å². The zero-order valence-electron chi connectivity index (χ0n) is 38.1. The second kappa shape index (κ2) is 17.6. The molecule has 0 N–H and O–H groups in total. The molecule has 0 spiro atoms. The van der Waals surface area contributed by atoms with Crippen LogP contribution in [0.15, 0.2) is 162 Å². The quantitative estimate of drug-likeness (QED) is 0.118. The summed E-state index contributed by atoms with van der Waals surface area (Å²) in [6, 6.07) is 54.7. The minimum atomic E-state index is -2.23. The molecule has 0 aliphatic rings. The van der Waals surface area contributed by atoms with Crippen molar-refractivity contribution in [1.29, 1.82) is 0 Å². The van der Waals surface area contributed by atoms with E-state index in [1.165, 1.54) is 21.9 Å². The minimum absolute atomic E-state index is 0. The van der Waals surface area contributed by atoms with Gasteiger partial charge in [-0.1, -0.05) is 178 Å². The maximum Gasteiger partial charge on any atom is 0.121 e. The van der Waals surface area contributed by atoms with Gasteiger partial charge < -0.3 is 14.4 Å². The predicted octanol–water partition coefficient (Wildman–Crippen LogP) is 14.3. The van der Waals surface area contributed by atoms with Gasteiger partial charge in [0.25, 0.3) is 0 Å². The second-order valence-electron chi connectivity index (χ2n) is 15.9. The first-order chi connectivity index (χ1) is 29.6. The molecule has 0 unspecified atom stereocenters. The fraction of sp³-hybridized carbons (Fsp3) is 0.148. The third kappa shape index (κ3) is 8.84. The summed E-state index contributed by atoms with van der Waals surface area (Å²) >= 11 is 0. The fourth-order valence-electron chi connectivity index (χ4n) is 7.46. The number of fused-ring (bicyclic) bond motifs is 3. The average molecular weight is 965 g/mol. The third-order valence-electron chi connectivity index (χ3n) is 10.6. The molecule has 0 saturated heterocycles. The summed E-state index contributed by atoms with van der Waals surface area (Å²) < 4.78 is 38.8. The van der Waals surface area contributed by atoms with Crippen molar-refractivity contribution in [2.45, 2.75) is 53.2 Å². The first-order valence-electron chi connectivity index (χ1n) is 21.6. The predicted molar refractivity (Wildman–Crippen MR) is 247 cm³/mol. The zero-order chi connectivity index (χ0) is 43.8. The maximum atomic E-state index is 8.66. The number of furan rings is 1. The molecule has 6 aromatic carbocycles. The topological polar surface area (TPSA) is 38.9 Å². The molecule has 3 nitrogen and oxygen atoms in total. The van der Waals surface area contributed by atoms with Crippen LogP contribution in [0.2, 0.25) is 19.6 Å². The van der Waals surface area contributed by atoms with E-state index in [0.29, 0.717) is 11.3 Å². The summed E-state index contributed by atoms with van der Waals surface area (Å²) in [6.07, 6.45) is 3.85. The van der Waals surface area contributed by atoms with Gasteiger partial charge in [0, 0.05) is 48.9 Å². The summed E-state index contributed by atoms with van der Waals surface area (Å²) in [4.78, 5) is 9.48. The van der Waals surface area contributed by atoms with Gasteiger partial charge in [-0.2, -0.15) is 0 Å². The van der Waals surface area contributed by atoms with Crippen LogP contribution in [0.4, 0.5) is 0 Å². The van der Waals surface area contributed by atoms with Crippen LogP contribution in [0, 0.1) is 25.9 Å². The van der Waals surface area contributed by atoms with Gasteiger partial charge in [0.15, 0.2) is 0 Å². The van der Waals surface area contributed by atoms with Crippen LogP contribution in [-0.4, -0.2) is 18.0 Å². The number of hydrogen-bond acceptors (Lipinski definition) is 3. The number of aromatic nitrogens is 2. The van der Waals surface area contributed by atoms with Crippen molar-refractivity contribution < 1.29 is 30.0 Å². The van der Waals surface area contributed by atoms with E-state index in [2.05, 4.69) is 118 Å². The number of aryl methyl sites for hydroxylation is 2. The first kappa shape index (κ1) is 36.4. The zero-order valence-corrected chi connectivity index (χ0v) is 37.5. The van der Waals surface area contributed by atoms with E-state index in [9.17, 15) is 0 Å². The Bertz CT molecular complexity index is 3030. The van der Waals surface area contributed by atoms with Gasteiger partial charge in [0.2, 0.25) is 0 Å². The SMILES string of the molecule is Cc1cc(-c2[c-]ccc3c2oc2cc(-c4ccccc4)ccc23)ncc1-c1ccccc1.[2H]C([2H])([2H])c1c[c-]c(-c2cc(C([2H])(C)C)c([Si](C)(C)C)cn2)cc1-c1ccccc1.[Ir]. The Morgan fingerprint density at radius 2 is 1.29 bits per heavy atom. The van der Waals surface area contributed by atoms with Crippen LogP contribution >= 0.6 is 0 Å². The summed E-state index contributed by atoms with van der Waals surface area (Å²) in [7, 11) is -1.68. The van der Waals surface area contributed by atoms with E-state index >= 15 is 0 Å². The van der Waals surface area contributed by atoms with Gasteiger partial charge in [-0.05, 0) is 63.3 Å². The van der Waals surface area contributed by atoms with Gasteiger partial charge in [0.1, 0.15) is 5.58 Å². The molecule has 5 heteroatoms. The molecule has 0 atom stereocenters. The number of benzene rings is 6. The summed E-state index contributed by atoms with van der Waals surface area (Å²) in [6.45, 7) is 10.4. The van der Waals surface area contributed by atoms with Gasteiger partial charge in [0.05, 0.1) is 13.7 Å². The van der Waals surface area contributed by atoms with Gasteiger partial charge >= 0.3 is 0 Å². The Morgan fingerprint density at radius 3 is 1.92 bits per heavy atom. The summed E-state index contributed by atoms with van der Waals surface area (Å²) in [5, 5.41) is 3.36. The molecule has 0 aliphatic carbocycles. The standard InChI is InChI=1S/C30H20NO.C24H28NSi.Ir/c1-20-17-28(31-19-27(20)22-11-6-3-7-12-22)26-14-8-13-25-24-16-15-23(18-29(24)32-30(25)26)21-9-4-2-5-10-21;1-17(2)21-15-23(25-16-24(21)26(4,5)6)20-13-12-18(3)22(14-20)19-10-8-7-9-11-19;/h2-13,15-19H,1H3;7-12,14-17H,1-6H3;/q2*-1;/i;3D3,17D;. The second-order valence-corrected chi connectivity index (χ2v) is 21.0. The molecule has 0 aliphatic heterocycles. The van der Waals surface area contributed by atoms with E-state index in [4.69, 9.17) is 19.9 Å². The van der Waals surface area contributed by atoms with Gasteiger partial charge in [-0.25, -0.2) is 0 Å². The average Bonchev–Trinajstić information content (AvgIpc) is 3.64. The largest absolute Gasteiger partial charge is 0.501 e. The number of nitrogens with zero attached hydrogens (tertiary/aromatic N) is 2. The molecule has 3 heterocycles. The molecule has 1 radical (unpaired) electrons. The molecule has 9 rings (SSSR count). The number of rotatable bonds is 7. The Labute approximate surface area is 369 Å². The molecular weight excluding hydrogens is 913 g/mol.